The van der Waals surface area contributed by atoms with Crippen LogP contribution in [0.15, 0.2) is 65.5 Å². The molecule has 1 aromatic heterocycles. The topological polar surface area (TPSA) is 82.9 Å². The van der Waals surface area contributed by atoms with Gasteiger partial charge in [0, 0.05) is 11.3 Å². The van der Waals surface area contributed by atoms with E-state index >= 15 is 0 Å². The average molecular weight is 330 g/mol. The first-order valence-electron chi connectivity index (χ1n) is 7.60. The van der Waals surface area contributed by atoms with Crippen LogP contribution in [0.3, 0.4) is 0 Å². The second-order valence-electron chi connectivity index (χ2n) is 5.47. The minimum Gasteiger partial charge on any atom is -0.423 e. The fourth-order valence-electron chi connectivity index (χ4n) is 2.49. The van der Waals surface area contributed by atoms with E-state index in [0.717, 1.165) is 0 Å². The maximum absolute atomic E-state index is 12.2. The van der Waals surface area contributed by atoms with Gasteiger partial charge in [-0.3, -0.25) is 4.79 Å². The van der Waals surface area contributed by atoms with Crippen LogP contribution >= 0.6 is 0 Å². The number of H-pyrrole nitrogens is 1. The Morgan fingerprint density at radius 2 is 1.84 bits per heavy atom. The predicted octanol–water partition coefficient (Wildman–Crippen LogP) is 3.44. The largest absolute Gasteiger partial charge is 0.423 e. The van der Waals surface area contributed by atoms with Crippen LogP contribution in [0.4, 0.5) is 0 Å². The number of aromatic nitrogens is 1. The van der Waals surface area contributed by atoms with Crippen molar-refractivity contribution in [2.45, 2.75) is 6.92 Å². The molecule has 0 fully saturated rings. The fourth-order valence-corrected chi connectivity index (χ4v) is 2.49. The molecule has 1 heterocycles. The number of pyridine rings is 1. The van der Waals surface area contributed by atoms with Crippen molar-refractivity contribution in [2.75, 3.05) is 0 Å². The van der Waals surface area contributed by atoms with E-state index < -0.39 is 11.5 Å². The maximum Gasteiger partial charge on any atom is 0.343 e. The zero-order chi connectivity index (χ0) is 17.8. The molecule has 1 N–H and O–H groups in total. The minimum absolute atomic E-state index is 0.0251. The van der Waals surface area contributed by atoms with Gasteiger partial charge in [0.25, 0.3) is 5.56 Å². The molecule has 0 amide bonds. The molecule has 0 aliphatic heterocycles. The van der Waals surface area contributed by atoms with E-state index in [9.17, 15) is 14.9 Å². The Bertz CT molecular complexity index is 1030. The van der Waals surface area contributed by atoms with Crippen LogP contribution in [0.5, 0.6) is 5.75 Å². The molecule has 0 unspecified atom stereocenters. The summed E-state index contributed by atoms with van der Waals surface area (Å²) in [7, 11) is 0. The number of carbonyl (C=O) groups excluding carboxylic acids is 1. The van der Waals surface area contributed by atoms with Crippen molar-refractivity contribution in [3.63, 3.8) is 0 Å². The Morgan fingerprint density at radius 3 is 2.56 bits per heavy atom. The Balaban J connectivity index is 1.97. The van der Waals surface area contributed by atoms with Gasteiger partial charge in [-0.05, 0) is 42.8 Å². The summed E-state index contributed by atoms with van der Waals surface area (Å²) in [6.45, 7) is 1.74. The summed E-state index contributed by atoms with van der Waals surface area (Å²) in [5.74, 6) is -0.131. The second-order valence-corrected chi connectivity index (χ2v) is 5.47. The van der Waals surface area contributed by atoms with E-state index in [1.807, 2.05) is 12.1 Å². The number of aryl methyl sites for hydroxylation is 1. The fraction of sp³-hybridized carbons (Fsp3) is 0.0500. The van der Waals surface area contributed by atoms with Gasteiger partial charge >= 0.3 is 5.97 Å². The quantitative estimate of drug-likeness (QED) is 0.589. The van der Waals surface area contributed by atoms with Gasteiger partial charge in [-0.1, -0.05) is 30.3 Å². The predicted molar refractivity (Wildman–Crippen MR) is 93.4 cm³/mol. The van der Waals surface area contributed by atoms with Gasteiger partial charge in [-0.15, -0.1) is 0 Å². The molecule has 0 atom stereocenters. The molecule has 0 bridgehead atoms. The first kappa shape index (κ1) is 16.2. The van der Waals surface area contributed by atoms with Crippen LogP contribution in [0.2, 0.25) is 0 Å². The molecule has 0 aliphatic carbocycles. The summed E-state index contributed by atoms with van der Waals surface area (Å²) >= 11 is 0. The molecule has 5 heteroatoms. The lowest BCUT2D eigenvalue weighted by molar-refractivity contribution is 0.0735. The first-order chi connectivity index (χ1) is 12.1. The highest BCUT2D eigenvalue weighted by molar-refractivity contribution is 5.91. The summed E-state index contributed by atoms with van der Waals surface area (Å²) in [6, 6.07) is 19.1. The van der Waals surface area contributed by atoms with Gasteiger partial charge in [0.15, 0.2) is 0 Å². The lowest BCUT2D eigenvalue weighted by Gasteiger charge is -2.08. The molecule has 122 valence electrons. The van der Waals surface area contributed by atoms with Gasteiger partial charge in [0.1, 0.15) is 17.4 Å². The van der Waals surface area contributed by atoms with Crippen LogP contribution in [0.1, 0.15) is 21.6 Å². The van der Waals surface area contributed by atoms with Gasteiger partial charge in [-0.2, -0.15) is 5.26 Å². The van der Waals surface area contributed by atoms with Gasteiger partial charge in [0.05, 0.1) is 5.56 Å². The Kier molecular flexibility index (Phi) is 4.44. The van der Waals surface area contributed by atoms with Crippen LogP contribution in [0.25, 0.3) is 11.1 Å². The molecule has 3 aromatic rings. The third kappa shape index (κ3) is 3.48. The molecule has 2 aromatic carbocycles. The van der Waals surface area contributed by atoms with E-state index in [4.69, 9.17) is 4.74 Å². The van der Waals surface area contributed by atoms with Gasteiger partial charge in [0.2, 0.25) is 0 Å². The molecule has 0 radical (unpaired) electrons. The highest BCUT2D eigenvalue weighted by Crippen LogP contribution is 2.26. The molecular formula is C20H14N2O3. The third-order valence-electron chi connectivity index (χ3n) is 3.64. The Labute approximate surface area is 144 Å². The van der Waals surface area contributed by atoms with Crippen LogP contribution < -0.4 is 10.3 Å². The first-order valence-corrected chi connectivity index (χ1v) is 7.60. The maximum atomic E-state index is 12.2. The van der Waals surface area contributed by atoms with E-state index in [2.05, 4.69) is 4.98 Å². The number of nitrogens with zero attached hydrogens (tertiary/aromatic N) is 1. The number of carbonyl (C=O) groups is 1. The number of nitrogens with one attached hydrogen (secondary N) is 1. The Morgan fingerprint density at radius 1 is 1.08 bits per heavy atom. The van der Waals surface area contributed by atoms with Crippen LogP contribution in [-0.2, 0) is 0 Å². The third-order valence-corrected chi connectivity index (χ3v) is 3.64. The Hall–Kier alpha value is -3.65. The average Bonchev–Trinajstić information content (AvgIpc) is 2.62. The van der Waals surface area contributed by atoms with Gasteiger partial charge in [-0.25, -0.2) is 4.79 Å². The van der Waals surface area contributed by atoms with Crippen molar-refractivity contribution < 1.29 is 9.53 Å². The number of benzene rings is 2. The number of hydrogen-bond donors (Lipinski definition) is 1. The number of nitriles is 1. The smallest absolute Gasteiger partial charge is 0.343 e. The highest BCUT2D eigenvalue weighted by Gasteiger charge is 2.12. The number of hydrogen-bond acceptors (Lipinski definition) is 4. The number of aromatic amines is 1. The van der Waals surface area contributed by atoms with Crippen LogP contribution in [0, 0.1) is 18.3 Å². The standard InChI is InChI=1S/C20H14N2O3/c1-13-10-17(18(12-21)19(23)22-13)15-8-5-9-16(11-15)25-20(24)14-6-3-2-4-7-14/h2-11H,1H3,(H,22,23). The number of esters is 1. The number of ether oxygens (including phenoxy) is 1. The van der Waals surface area contributed by atoms with E-state index in [1.165, 1.54) is 0 Å². The lowest BCUT2D eigenvalue weighted by atomic mass is 10.0. The normalized spacial score (nSPS) is 10.1. The van der Waals surface area contributed by atoms with Crippen molar-refractivity contribution in [3.8, 4) is 22.9 Å². The molecule has 0 aliphatic rings. The zero-order valence-electron chi connectivity index (χ0n) is 13.4. The number of rotatable bonds is 3. The minimum atomic E-state index is -0.472. The summed E-state index contributed by atoms with van der Waals surface area (Å²) < 4.78 is 5.39. The molecule has 5 nitrogen and oxygen atoms in total. The van der Waals surface area contributed by atoms with Crippen molar-refractivity contribution in [1.82, 2.24) is 4.98 Å². The monoisotopic (exact) mass is 330 g/mol. The van der Waals surface area contributed by atoms with Crippen molar-refractivity contribution >= 4 is 5.97 Å². The zero-order valence-corrected chi connectivity index (χ0v) is 13.4. The van der Waals surface area contributed by atoms with E-state index in [0.29, 0.717) is 28.1 Å². The molecular weight excluding hydrogens is 316 g/mol. The summed E-state index contributed by atoms with van der Waals surface area (Å²) in [4.78, 5) is 26.7. The highest BCUT2D eigenvalue weighted by atomic mass is 16.5. The summed E-state index contributed by atoms with van der Waals surface area (Å²) in [5, 5.41) is 9.26. The van der Waals surface area contributed by atoms with Crippen LogP contribution in [-0.4, -0.2) is 11.0 Å². The van der Waals surface area contributed by atoms with Crippen molar-refractivity contribution in [2.24, 2.45) is 0 Å². The molecule has 25 heavy (non-hydrogen) atoms. The molecule has 3 rings (SSSR count). The molecule has 0 saturated heterocycles. The SMILES string of the molecule is Cc1cc(-c2cccc(OC(=O)c3ccccc3)c2)c(C#N)c(=O)[nH]1. The molecule has 0 saturated carbocycles. The van der Waals surface area contributed by atoms with Crippen molar-refractivity contribution in [1.29, 1.82) is 5.26 Å². The summed E-state index contributed by atoms with van der Waals surface area (Å²) in [5.41, 5.74) is 1.80. The van der Waals surface area contributed by atoms with Crippen molar-refractivity contribution in [3.05, 3.63) is 87.8 Å². The second kappa shape index (κ2) is 6.85. The summed E-state index contributed by atoms with van der Waals surface area (Å²) in [6.07, 6.45) is 0. The molecule has 0 spiro atoms. The van der Waals surface area contributed by atoms with E-state index in [-0.39, 0.29) is 5.56 Å². The van der Waals surface area contributed by atoms with Gasteiger partial charge < -0.3 is 9.72 Å². The van der Waals surface area contributed by atoms with E-state index in [1.54, 1.807) is 61.5 Å². The lowest BCUT2D eigenvalue weighted by Crippen LogP contribution is -2.12.